The molecule has 0 saturated carbocycles. The Bertz CT molecular complexity index is 258. The van der Waals surface area contributed by atoms with Crippen LogP contribution < -0.4 is 0 Å². The van der Waals surface area contributed by atoms with Gasteiger partial charge in [0, 0.05) is 5.41 Å². The molecule has 0 bridgehead atoms. The van der Waals surface area contributed by atoms with Crippen LogP contribution in [0.2, 0.25) is 0 Å². The minimum absolute atomic E-state index is 0.141. The van der Waals surface area contributed by atoms with Crippen molar-refractivity contribution in [2.75, 3.05) is 0 Å². The number of hydrogen-bond acceptors (Lipinski definition) is 2. The van der Waals surface area contributed by atoms with Crippen LogP contribution in [0.3, 0.4) is 0 Å². The number of diazo groups is 1. The third-order valence-corrected chi connectivity index (χ3v) is 1.75. The maximum atomic E-state index is 9.81. The van der Waals surface area contributed by atoms with Gasteiger partial charge in [-0.15, -0.1) is 0 Å². The average Bonchev–Trinajstić information content (AvgIpc) is 1.83. The number of rotatable bonds is 0. The van der Waals surface area contributed by atoms with Crippen molar-refractivity contribution in [2.24, 2.45) is 10.8 Å². The Balaban J connectivity index is 5.33. The van der Waals surface area contributed by atoms with Gasteiger partial charge in [0.2, 0.25) is 5.39 Å². The predicted octanol–water partition coefficient (Wildman–Crippen LogP) is 3.70. The third kappa shape index (κ3) is 3.06. The second kappa shape index (κ2) is 3.37. The molecule has 0 spiro atoms. The van der Waals surface area contributed by atoms with Crippen molar-refractivity contribution in [2.45, 2.75) is 41.5 Å². The number of nitrogens with zero attached hydrogens (tertiary/aromatic N) is 2. The van der Waals surface area contributed by atoms with Gasteiger partial charge >= 0.3 is 5.70 Å². The third-order valence-electron chi connectivity index (χ3n) is 1.75. The second-order valence-electron chi connectivity index (χ2n) is 5.30. The van der Waals surface area contributed by atoms with Crippen LogP contribution in [0.4, 0.5) is 0 Å². The molecule has 0 aliphatic carbocycles. The normalized spacial score (nSPS) is 14.8. The van der Waals surface area contributed by atoms with E-state index >= 15 is 0 Å². The van der Waals surface area contributed by atoms with Gasteiger partial charge in [0.15, 0.2) is 10.7 Å². The summed E-state index contributed by atoms with van der Waals surface area (Å²) >= 11 is 0. The van der Waals surface area contributed by atoms with E-state index in [4.69, 9.17) is 5.39 Å². The lowest BCUT2D eigenvalue weighted by molar-refractivity contribution is 0.259. The first-order valence-electron chi connectivity index (χ1n) is 4.40. The molecule has 0 unspecified atom stereocenters. The lowest BCUT2D eigenvalue weighted by atomic mass is 9.84. The van der Waals surface area contributed by atoms with Crippen molar-refractivity contribution in [3.05, 3.63) is 16.4 Å². The summed E-state index contributed by atoms with van der Waals surface area (Å²) < 4.78 is 0. The van der Waals surface area contributed by atoms with Crippen molar-refractivity contribution in [3.63, 3.8) is 0 Å². The van der Waals surface area contributed by atoms with Crippen molar-refractivity contribution in [3.8, 4) is 0 Å². The molecule has 0 atom stereocenters. The van der Waals surface area contributed by atoms with Crippen LogP contribution >= 0.6 is 0 Å². The highest BCUT2D eigenvalue weighted by Gasteiger charge is 2.38. The van der Waals surface area contributed by atoms with Crippen LogP contribution in [0.15, 0.2) is 11.5 Å². The minimum Gasteiger partial charge on any atom is -0.505 e. The molecule has 13 heavy (non-hydrogen) atoms. The zero-order chi connectivity index (χ0) is 10.9. The monoisotopic (exact) mass is 183 g/mol. The Morgan fingerprint density at radius 1 is 1.00 bits per heavy atom. The molecule has 74 valence electrons. The molecule has 0 aromatic carbocycles. The first kappa shape index (κ1) is 12.0. The fourth-order valence-corrected chi connectivity index (χ4v) is 0.908. The van der Waals surface area contributed by atoms with Crippen LogP contribution in [0.5, 0.6) is 0 Å². The zero-order valence-electron chi connectivity index (χ0n) is 9.34. The van der Waals surface area contributed by atoms with Crippen molar-refractivity contribution >= 4 is 0 Å². The van der Waals surface area contributed by atoms with Gasteiger partial charge in [-0.05, 0) is 20.8 Å². The van der Waals surface area contributed by atoms with Gasteiger partial charge in [-0.2, -0.15) is 0 Å². The van der Waals surface area contributed by atoms with Gasteiger partial charge in [0.1, 0.15) is 0 Å². The standard InChI is InChI=1S/C10H18N2O/c1-9(2,3)7(12-11)8(13)10(4,5)6/h1-6H3/p+1/b8-7+. The van der Waals surface area contributed by atoms with Gasteiger partial charge in [-0.1, -0.05) is 20.8 Å². The van der Waals surface area contributed by atoms with Crippen molar-refractivity contribution in [1.82, 2.24) is 0 Å². The first-order valence-corrected chi connectivity index (χ1v) is 4.40. The average molecular weight is 183 g/mol. The van der Waals surface area contributed by atoms with Crippen LogP contribution in [0.25, 0.3) is 4.98 Å². The fourth-order valence-electron chi connectivity index (χ4n) is 0.908. The van der Waals surface area contributed by atoms with E-state index in [-0.39, 0.29) is 16.6 Å². The molecule has 1 N–H and O–H groups in total. The summed E-state index contributed by atoms with van der Waals surface area (Å²) in [7, 11) is 0. The van der Waals surface area contributed by atoms with E-state index < -0.39 is 0 Å². The molecule has 3 nitrogen and oxygen atoms in total. The van der Waals surface area contributed by atoms with Gasteiger partial charge in [-0.25, -0.2) is 0 Å². The minimum atomic E-state index is -0.380. The van der Waals surface area contributed by atoms with E-state index in [1.165, 1.54) is 0 Å². The van der Waals surface area contributed by atoms with E-state index in [2.05, 4.69) is 4.98 Å². The summed E-state index contributed by atoms with van der Waals surface area (Å²) in [5.41, 5.74) is -0.374. The highest BCUT2D eigenvalue weighted by molar-refractivity contribution is 5.23. The smallest absolute Gasteiger partial charge is 0.404 e. The van der Waals surface area contributed by atoms with Gasteiger partial charge in [0.05, 0.1) is 5.41 Å². The molecular weight excluding hydrogens is 164 g/mol. The van der Waals surface area contributed by atoms with Crippen LogP contribution in [-0.4, -0.2) is 5.11 Å². The van der Waals surface area contributed by atoms with E-state index in [1.54, 1.807) is 0 Å². The second-order valence-corrected chi connectivity index (χ2v) is 5.30. The highest BCUT2D eigenvalue weighted by Crippen LogP contribution is 2.35. The fraction of sp³-hybridized carbons (Fsp3) is 0.800. The largest absolute Gasteiger partial charge is 0.505 e. The summed E-state index contributed by atoms with van der Waals surface area (Å²) in [6, 6.07) is 0. The van der Waals surface area contributed by atoms with Crippen LogP contribution in [0.1, 0.15) is 41.5 Å². The molecular formula is C10H19N2O+. The molecule has 0 fully saturated rings. The SMILES string of the molecule is CC(C)(C)/C(O)=C(\[N+]#N)C(C)(C)C. The molecule has 3 heteroatoms. The zero-order valence-corrected chi connectivity index (χ0v) is 9.34. The Kier molecular flexibility index (Phi) is 3.10. The highest BCUT2D eigenvalue weighted by atomic mass is 16.3. The predicted molar refractivity (Wildman–Crippen MR) is 53.6 cm³/mol. The van der Waals surface area contributed by atoms with E-state index in [1.807, 2.05) is 41.5 Å². The molecule has 0 saturated heterocycles. The topological polar surface area (TPSA) is 48.4 Å². The van der Waals surface area contributed by atoms with Gasteiger partial charge < -0.3 is 5.11 Å². The summed E-state index contributed by atoms with van der Waals surface area (Å²) in [5, 5.41) is 18.6. The van der Waals surface area contributed by atoms with Crippen molar-refractivity contribution in [1.29, 1.82) is 5.39 Å². The molecule has 0 aliphatic rings. The Morgan fingerprint density at radius 2 is 1.38 bits per heavy atom. The van der Waals surface area contributed by atoms with E-state index in [0.29, 0.717) is 5.70 Å². The molecule has 0 amide bonds. The van der Waals surface area contributed by atoms with Crippen LogP contribution in [-0.2, 0) is 0 Å². The molecule has 0 aromatic heterocycles. The number of aliphatic hydroxyl groups excluding tert-OH is 1. The van der Waals surface area contributed by atoms with Crippen LogP contribution in [0, 0.1) is 16.2 Å². The summed E-state index contributed by atoms with van der Waals surface area (Å²) in [6.45, 7) is 11.3. The Hall–Kier alpha value is -1.04. The van der Waals surface area contributed by atoms with Crippen molar-refractivity contribution < 1.29 is 5.11 Å². The molecule has 0 radical (unpaired) electrons. The molecule has 0 aromatic rings. The molecule has 0 aliphatic heterocycles. The summed E-state index contributed by atoms with van der Waals surface area (Å²) in [5.74, 6) is 0.141. The Morgan fingerprint density at radius 3 is 1.46 bits per heavy atom. The maximum absolute atomic E-state index is 9.81. The lowest BCUT2D eigenvalue weighted by Crippen LogP contribution is -2.17. The number of allylic oxidation sites excluding steroid dienone is 2. The van der Waals surface area contributed by atoms with E-state index in [0.717, 1.165) is 0 Å². The first-order chi connectivity index (χ1) is 5.60. The molecule has 0 heterocycles. The van der Waals surface area contributed by atoms with E-state index in [9.17, 15) is 5.11 Å². The lowest BCUT2D eigenvalue weighted by Gasteiger charge is -2.18. The number of hydrogen-bond donors (Lipinski definition) is 1. The molecule has 0 rings (SSSR count). The van der Waals surface area contributed by atoms with Gasteiger partial charge in [-0.3, -0.25) is 0 Å². The summed E-state index contributed by atoms with van der Waals surface area (Å²) in [6.07, 6.45) is 0. The number of aliphatic hydroxyl groups is 1. The quantitative estimate of drug-likeness (QED) is 0.459. The Labute approximate surface area is 80.1 Å². The van der Waals surface area contributed by atoms with Gasteiger partial charge in [0.25, 0.3) is 0 Å². The summed E-state index contributed by atoms with van der Waals surface area (Å²) in [4.78, 5) is 3.16. The maximum Gasteiger partial charge on any atom is 0.404 e.